The van der Waals surface area contributed by atoms with E-state index in [0.717, 1.165) is 22.9 Å². The van der Waals surface area contributed by atoms with Crippen molar-refractivity contribution in [1.82, 2.24) is 4.98 Å². The summed E-state index contributed by atoms with van der Waals surface area (Å²) in [6, 6.07) is 16.7. The molecule has 1 atom stereocenters. The highest BCUT2D eigenvalue weighted by molar-refractivity contribution is 8.17. The molecule has 1 unspecified atom stereocenters. The Hall–Kier alpha value is -3.67. The van der Waals surface area contributed by atoms with E-state index in [1.54, 1.807) is 12.1 Å². The second kappa shape index (κ2) is 11.1. The molecule has 1 heterocycles. The van der Waals surface area contributed by atoms with Crippen LogP contribution in [0, 0.1) is 11.3 Å². The first-order chi connectivity index (χ1) is 15.5. The average molecular weight is 447 g/mol. The number of nitrogens with zero attached hydrogens (tertiary/aromatic N) is 3. The zero-order valence-electron chi connectivity index (χ0n) is 17.4. The zero-order valence-corrected chi connectivity index (χ0v) is 18.2. The van der Waals surface area contributed by atoms with Crippen LogP contribution in [0.5, 0.6) is 5.75 Å². The minimum absolute atomic E-state index is 0.0886. The number of hydrogen-bond acceptors (Lipinski definition) is 7. The normalized spacial score (nSPS) is 12.9. The molecule has 0 spiro atoms. The van der Waals surface area contributed by atoms with E-state index in [4.69, 9.17) is 10.5 Å². The van der Waals surface area contributed by atoms with Gasteiger partial charge < -0.3 is 15.6 Å². The number of benzene rings is 2. The molecular weight excluding hydrogens is 424 g/mol. The van der Waals surface area contributed by atoms with Crippen LogP contribution in [0.25, 0.3) is 17.0 Å². The third-order valence-corrected chi connectivity index (χ3v) is 5.29. The number of thioether (sulfide) groups is 1. The van der Waals surface area contributed by atoms with Gasteiger partial charge in [-0.15, -0.1) is 0 Å². The third-order valence-electron chi connectivity index (χ3n) is 4.50. The number of hydrogen-bond donors (Lipinski definition) is 2. The van der Waals surface area contributed by atoms with E-state index in [0.29, 0.717) is 40.0 Å². The van der Waals surface area contributed by atoms with Crippen LogP contribution in [0.3, 0.4) is 0 Å². The average Bonchev–Trinajstić information content (AvgIpc) is 2.83. The minimum atomic E-state index is -0.779. The first-order valence-electron chi connectivity index (χ1n) is 9.89. The van der Waals surface area contributed by atoms with E-state index < -0.39 is 6.10 Å². The fourth-order valence-electron chi connectivity index (χ4n) is 3.02. The van der Waals surface area contributed by atoms with Gasteiger partial charge >= 0.3 is 0 Å². The first kappa shape index (κ1) is 23.0. The molecule has 0 saturated carbocycles. The number of ether oxygens (including phenoxy) is 1. The van der Waals surface area contributed by atoms with Crippen LogP contribution in [0.15, 0.2) is 64.6 Å². The van der Waals surface area contributed by atoms with Gasteiger partial charge in [-0.2, -0.15) is 5.26 Å². The molecule has 32 heavy (non-hydrogen) atoms. The lowest BCUT2D eigenvalue weighted by Gasteiger charge is -2.10. The van der Waals surface area contributed by atoms with E-state index in [2.05, 4.69) is 16.0 Å². The van der Waals surface area contributed by atoms with Gasteiger partial charge in [0.25, 0.3) is 0 Å². The van der Waals surface area contributed by atoms with Gasteiger partial charge in [0.15, 0.2) is 11.5 Å². The van der Waals surface area contributed by atoms with Crippen molar-refractivity contribution in [3.63, 3.8) is 0 Å². The molecule has 2 aromatic carbocycles. The number of allylic oxidation sites excluding steroid dienone is 1. The number of aliphatic hydroxyl groups excluding tert-OH is 1. The maximum absolute atomic E-state index is 11.6. The van der Waals surface area contributed by atoms with Crippen molar-refractivity contribution in [2.24, 2.45) is 10.7 Å². The lowest BCUT2D eigenvalue weighted by molar-refractivity contribution is -0.104. The van der Waals surface area contributed by atoms with Crippen molar-refractivity contribution in [2.45, 2.75) is 13.0 Å². The maximum Gasteiger partial charge on any atom is 0.159 e. The standard InChI is InChI=1S/C24H22N4O3S/c1-2-31-23-18(12-25)13-27-21-9-8-16(11-20(21)23)10-19(15-29)32-24(26)28-14-22(30)17-6-4-3-5-7-17/h3-11,13,15,22,30H,2,14H2,1H3,(H2,26,28)/b19-10-. The van der Waals surface area contributed by atoms with Gasteiger partial charge in [0, 0.05) is 11.6 Å². The van der Waals surface area contributed by atoms with E-state index in [-0.39, 0.29) is 11.7 Å². The summed E-state index contributed by atoms with van der Waals surface area (Å²) in [5.41, 5.74) is 8.45. The van der Waals surface area contributed by atoms with Crippen molar-refractivity contribution in [3.05, 3.63) is 76.3 Å². The van der Waals surface area contributed by atoms with Gasteiger partial charge in [-0.05, 0) is 48.0 Å². The summed E-state index contributed by atoms with van der Waals surface area (Å²) in [6.07, 6.45) is 3.06. The van der Waals surface area contributed by atoms with Gasteiger partial charge in [-0.25, -0.2) is 0 Å². The Bertz CT molecular complexity index is 1200. The number of rotatable bonds is 8. The fourth-order valence-corrected chi connectivity index (χ4v) is 3.64. The molecule has 0 saturated heterocycles. The summed E-state index contributed by atoms with van der Waals surface area (Å²) in [6.45, 7) is 2.34. The van der Waals surface area contributed by atoms with Crippen LogP contribution in [0.4, 0.5) is 0 Å². The van der Waals surface area contributed by atoms with Crippen molar-refractivity contribution >= 4 is 40.2 Å². The number of aliphatic hydroxyl groups is 1. The Morgan fingerprint density at radius 1 is 1.34 bits per heavy atom. The highest BCUT2D eigenvalue weighted by atomic mass is 32.2. The Labute approximate surface area is 190 Å². The molecule has 162 valence electrons. The molecule has 0 amide bonds. The number of aliphatic imine (C=N–C) groups is 1. The second-order valence-corrected chi connectivity index (χ2v) is 7.79. The number of aldehydes is 1. The molecule has 0 radical (unpaired) electrons. The fraction of sp³-hybridized carbons (Fsp3) is 0.167. The smallest absolute Gasteiger partial charge is 0.159 e. The Balaban J connectivity index is 1.81. The van der Waals surface area contributed by atoms with E-state index in [1.807, 2.05) is 49.4 Å². The molecule has 0 aliphatic heterocycles. The molecule has 8 heteroatoms. The molecule has 3 N–H and O–H groups in total. The number of fused-ring (bicyclic) bond motifs is 1. The highest BCUT2D eigenvalue weighted by Crippen LogP contribution is 2.30. The number of nitriles is 1. The number of carbonyl (C=O) groups excluding carboxylic acids is 1. The molecule has 0 aliphatic carbocycles. The predicted molar refractivity (Wildman–Crippen MR) is 127 cm³/mol. The predicted octanol–water partition coefficient (Wildman–Crippen LogP) is 3.83. The van der Waals surface area contributed by atoms with Gasteiger partial charge in [-0.1, -0.05) is 36.4 Å². The van der Waals surface area contributed by atoms with Crippen LogP contribution in [-0.2, 0) is 4.79 Å². The first-order valence-corrected chi connectivity index (χ1v) is 10.7. The Morgan fingerprint density at radius 2 is 2.12 bits per heavy atom. The molecule has 1 aromatic heterocycles. The molecule has 3 rings (SSSR count). The number of amidine groups is 1. The van der Waals surface area contributed by atoms with Crippen LogP contribution < -0.4 is 10.5 Å². The summed E-state index contributed by atoms with van der Waals surface area (Å²) < 4.78 is 5.66. The van der Waals surface area contributed by atoms with Crippen molar-refractivity contribution in [2.75, 3.05) is 13.2 Å². The number of carbonyl (C=O) groups is 1. The third kappa shape index (κ3) is 5.72. The van der Waals surface area contributed by atoms with Gasteiger partial charge in [0.2, 0.25) is 0 Å². The summed E-state index contributed by atoms with van der Waals surface area (Å²) in [5, 5.41) is 20.4. The lowest BCUT2D eigenvalue weighted by Crippen LogP contribution is -2.11. The summed E-state index contributed by atoms with van der Waals surface area (Å²) in [7, 11) is 0. The highest BCUT2D eigenvalue weighted by Gasteiger charge is 2.11. The second-order valence-electron chi connectivity index (χ2n) is 6.69. The van der Waals surface area contributed by atoms with Crippen LogP contribution >= 0.6 is 11.8 Å². The van der Waals surface area contributed by atoms with E-state index >= 15 is 0 Å². The molecular formula is C24H22N4O3S. The maximum atomic E-state index is 11.6. The van der Waals surface area contributed by atoms with Gasteiger partial charge in [-0.3, -0.25) is 14.8 Å². The molecule has 7 nitrogen and oxygen atoms in total. The van der Waals surface area contributed by atoms with Crippen molar-refractivity contribution in [3.8, 4) is 11.8 Å². The summed E-state index contributed by atoms with van der Waals surface area (Å²) in [4.78, 5) is 20.4. The molecule has 3 aromatic rings. The Morgan fingerprint density at radius 3 is 2.81 bits per heavy atom. The SMILES string of the molecule is CCOc1c(C#N)cnc2ccc(/C=C(/C=O)SC(N)=NCC(O)c3ccccc3)cc12. The number of aromatic nitrogens is 1. The Kier molecular flexibility index (Phi) is 7.97. The zero-order chi connectivity index (χ0) is 22.9. The van der Waals surface area contributed by atoms with Gasteiger partial charge in [0.1, 0.15) is 17.4 Å². The summed E-state index contributed by atoms with van der Waals surface area (Å²) in [5.74, 6) is 0.464. The van der Waals surface area contributed by atoms with Crippen molar-refractivity contribution < 1.29 is 14.6 Å². The van der Waals surface area contributed by atoms with E-state index in [1.165, 1.54) is 6.20 Å². The molecule has 0 aliphatic rings. The van der Waals surface area contributed by atoms with Crippen molar-refractivity contribution in [1.29, 1.82) is 5.26 Å². The minimum Gasteiger partial charge on any atom is -0.492 e. The number of pyridine rings is 1. The largest absolute Gasteiger partial charge is 0.492 e. The van der Waals surface area contributed by atoms with Crippen LogP contribution in [0.2, 0.25) is 0 Å². The van der Waals surface area contributed by atoms with Gasteiger partial charge in [0.05, 0.1) is 29.7 Å². The van der Waals surface area contributed by atoms with E-state index in [9.17, 15) is 15.2 Å². The quantitative estimate of drug-likeness (QED) is 0.233. The lowest BCUT2D eigenvalue weighted by atomic mass is 10.1. The monoisotopic (exact) mass is 446 g/mol. The van der Waals surface area contributed by atoms with Crippen LogP contribution in [-0.4, -0.2) is 34.7 Å². The van der Waals surface area contributed by atoms with Crippen LogP contribution in [0.1, 0.15) is 29.7 Å². The topological polar surface area (TPSA) is 122 Å². The molecule has 0 fully saturated rings. The summed E-state index contributed by atoms with van der Waals surface area (Å²) >= 11 is 1.01. The number of nitrogens with two attached hydrogens (primary N) is 1. The molecule has 0 bridgehead atoms.